The molecule has 1 aromatic rings. The molecule has 0 unspecified atom stereocenters. The van der Waals surface area contributed by atoms with Crippen LogP contribution in [0.5, 0.6) is 0 Å². The first-order valence-electron chi connectivity index (χ1n) is 7.42. The lowest BCUT2D eigenvalue weighted by Gasteiger charge is -2.32. The minimum Gasteiger partial charge on any atom is -0.342 e. The Morgan fingerprint density at radius 2 is 2.05 bits per heavy atom. The van der Waals surface area contributed by atoms with Crippen LogP contribution < -0.4 is 4.72 Å². The fraction of sp³-hybridized carbons (Fsp3) is 0.533. The topological polar surface area (TPSA) is 66.5 Å². The third-order valence-corrected chi connectivity index (χ3v) is 5.51. The zero-order chi connectivity index (χ0) is 16.2. The predicted octanol–water partition coefficient (Wildman–Crippen LogP) is 1.81. The molecule has 0 atom stereocenters. The largest absolute Gasteiger partial charge is 0.342 e. The maximum absolute atomic E-state index is 12.3. The van der Waals surface area contributed by atoms with Crippen molar-refractivity contribution in [3.63, 3.8) is 0 Å². The summed E-state index contributed by atoms with van der Waals surface area (Å²) in [6.07, 6.45) is 1.63. The van der Waals surface area contributed by atoms with Gasteiger partial charge in [0.2, 0.25) is 15.9 Å². The Balaban J connectivity index is 1.85. The van der Waals surface area contributed by atoms with Crippen molar-refractivity contribution in [2.75, 3.05) is 18.8 Å². The number of likely N-dealkylation sites (tertiary alicyclic amines) is 1. The Labute approximate surface area is 136 Å². The van der Waals surface area contributed by atoms with E-state index in [9.17, 15) is 13.2 Å². The van der Waals surface area contributed by atoms with E-state index in [0.29, 0.717) is 37.4 Å². The van der Waals surface area contributed by atoms with E-state index in [0.717, 1.165) is 5.56 Å². The number of hydrogen-bond donors (Lipinski definition) is 1. The molecule has 1 heterocycles. The molecular weight excluding hydrogens is 324 g/mol. The summed E-state index contributed by atoms with van der Waals surface area (Å²) < 4.78 is 25.8. The molecule has 1 amide bonds. The molecule has 1 saturated heterocycles. The van der Waals surface area contributed by atoms with E-state index in [-0.39, 0.29) is 17.7 Å². The number of rotatable bonds is 5. The van der Waals surface area contributed by atoms with E-state index in [1.807, 2.05) is 12.1 Å². The first-order chi connectivity index (χ1) is 10.4. The fourth-order valence-corrected chi connectivity index (χ4v) is 3.64. The smallest absolute Gasteiger partial charge is 0.226 e. The van der Waals surface area contributed by atoms with Crippen LogP contribution in [-0.2, 0) is 21.2 Å². The van der Waals surface area contributed by atoms with Crippen LogP contribution in [0, 0.1) is 0 Å². The Kier molecular flexibility index (Phi) is 5.83. The minimum absolute atomic E-state index is 0.0547. The van der Waals surface area contributed by atoms with E-state index in [4.69, 9.17) is 11.6 Å². The van der Waals surface area contributed by atoms with Crippen molar-refractivity contribution < 1.29 is 13.2 Å². The zero-order valence-electron chi connectivity index (χ0n) is 12.6. The maximum atomic E-state index is 12.3. The van der Waals surface area contributed by atoms with E-state index in [1.54, 1.807) is 24.0 Å². The average Bonchev–Trinajstić information content (AvgIpc) is 2.47. The number of carbonyl (C=O) groups is 1. The van der Waals surface area contributed by atoms with Crippen LogP contribution >= 0.6 is 11.6 Å². The lowest BCUT2D eigenvalue weighted by molar-refractivity contribution is -0.131. The average molecular weight is 345 g/mol. The van der Waals surface area contributed by atoms with E-state index in [1.165, 1.54) is 0 Å². The van der Waals surface area contributed by atoms with Gasteiger partial charge < -0.3 is 4.90 Å². The van der Waals surface area contributed by atoms with E-state index < -0.39 is 10.0 Å². The number of nitrogens with zero attached hydrogens (tertiary/aromatic N) is 1. The second kappa shape index (κ2) is 7.44. The highest BCUT2D eigenvalue weighted by Gasteiger charge is 2.25. The van der Waals surface area contributed by atoms with Gasteiger partial charge in [0.15, 0.2) is 0 Å². The number of benzene rings is 1. The zero-order valence-corrected chi connectivity index (χ0v) is 14.2. The van der Waals surface area contributed by atoms with Gasteiger partial charge in [0.05, 0.1) is 12.2 Å². The highest BCUT2D eigenvalue weighted by molar-refractivity contribution is 7.89. The summed E-state index contributed by atoms with van der Waals surface area (Å²) in [5.74, 6) is 0.139. The number of nitrogens with one attached hydrogen (secondary N) is 1. The number of sulfonamides is 1. The molecule has 0 radical (unpaired) electrons. The third-order valence-electron chi connectivity index (χ3n) is 3.82. The van der Waals surface area contributed by atoms with Gasteiger partial charge in [-0.1, -0.05) is 23.7 Å². The van der Waals surface area contributed by atoms with Crippen LogP contribution in [0.1, 0.15) is 25.3 Å². The van der Waals surface area contributed by atoms with Gasteiger partial charge in [0.25, 0.3) is 0 Å². The van der Waals surface area contributed by atoms with Crippen molar-refractivity contribution in [3.8, 4) is 0 Å². The summed E-state index contributed by atoms with van der Waals surface area (Å²) in [6, 6.07) is 7.21. The fourth-order valence-electron chi connectivity index (χ4n) is 2.52. The molecule has 1 N–H and O–H groups in total. The summed E-state index contributed by atoms with van der Waals surface area (Å²) in [6.45, 7) is 2.78. The minimum atomic E-state index is -3.18. The van der Waals surface area contributed by atoms with Gasteiger partial charge in [-0.15, -0.1) is 0 Å². The first-order valence-corrected chi connectivity index (χ1v) is 9.45. The maximum Gasteiger partial charge on any atom is 0.226 e. The highest BCUT2D eigenvalue weighted by Crippen LogP contribution is 2.15. The molecule has 2 rings (SSSR count). The second-order valence-corrected chi connectivity index (χ2v) is 7.96. The molecule has 0 bridgehead atoms. The first kappa shape index (κ1) is 17.2. The van der Waals surface area contributed by atoms with Crippen molar-refractivity contribution in [3.05, 3.63) is 34.9 Å². The summed E-state index contributed by atoms with van der Waals surface area (Å²) in [5, 5.41) is 0.623. The van der Waals surface area contributed by atoms with Crippen LogP contribution in [0.4, 0.5) is 0 Å². The molecule has 1 fully saturated rings. The Bertz CT molecular complexity index is 625. The molecule has 122 valence electrons. The normalized spacial score (nSPS) is 16.7. The van der Waals surface area contributed by atoms with Crippen LogP contribution in [-0.4, -0.2) is 44.1 Å². The number of halogens is 1. The van der Waals surface area contributed by atoms with Crippen molar-refractivity contribution in [2.45, 2.75) is 32.2 Å². The van der Waals surface area contributed by atoms with Crippen LogP contribution in [0.2, 0.25) is 5.02 Å². The standard InChI is InChI=1S/C15H21ClN2O3S/c1-2-22(20,21)17-14-6-8-18(9-7-14)15(19)11-12-4-3-5-13(16)10-12/h3-5,10,14,17H,2,6-9,11H2,1H3. The van der Waals surface area contributed by atoms with Gasteiger partial charge in [-0.2, -0.15) is 0 Å². The van der Waals surface area contributed by atoms with E-state index >= 15 is 0 Å². The lowest BCUT2D eigenvalue weighted by atomic mass is 10.0. The van der Waals surface area contributed by atoms with Crippen molar-refractivity contribution in [1.29, 1.82) is 0 Å². The molecule has 0 spiro atoms. The number of piperidine rings is 1. The van der Waals surface area contributed by atoms with Gasteiger partial charge in [-0.05, 0) is 37.5 Å². The Morgan fingerprint density at radius 1 is 1.36 bits per heavy atom. The number of amides is 1. The molecule has 0 aromatic heterocycles. The summed E-state index contributed by atoms with van der Waals surface area (Å²) in [4.78, 5) is 14.1. The van der Waals surface area contributed by atoms with Crippen LogP contribution in [0.3, 0.4) is 0 Å². The molecule has 7 heteroatoms. The Morgan fingerprint density at radius 3 is 2.64 bits per heavy atom. The molecule has 1 aliphatic heterocycles. The Hall–Kier alpha value is -1.11. The van der Waals surface area contributed by atoms with Gasteiger partial charge in [-0.3, -0.25) is 4.79 Å². The van der Waals surface area contributed by atoms with Crippen LogP contribution in [0.15, 0.2) is 24.3 Å². The monoisotopic (exact) mass is 344 g/mol. The third kappa shape index (κ3) is 4.97. The van der Waals surface area contributed by atoms with Gasteiger partial charge in [0.1, 0.15) is 0 Å². The molecule has 1 aromatic carbocycles. The van der Waals surface area contributed by atoms with Crippen molar-refractivity contribution in [2.24, 2.45) is 0 Å². The number of hydrogen-bond acceptors (Lipinski definition) is 3. The quantitative estimate of drug-likeness (QED) is 0.886. The summed E-state index contributed by atoms with van der Waals surface area (Å²) >= 11 is 5.92. The lowest BCUT2D eigenvalue weighted by Crippen LogP contribution is -2.47. The number of carbonyl (C=O) groups excluding carboxylic acids is 1. The van der Waals surface area contributed by atoms with Gasteiger partial charge in [0, 0.05) is 24.2 Å². The predicted molar refractivity (Wildman–Crippen MR) is 87.4 cm³/mol. The second-order valence-electron chi connectivity index (χ2n) is 5.48. The molecular formula is C15H21ClN2O3S. The van der Waals surface area contributed by atoms with E-state index in [2.05, 4.69) is 4.72 Å². The van der Waals surface area contributed by atoms with Gasteiger partial charge in [-0.25, -0.2) is 13.1 Å². The molecule has 0 saturated carbocycles. The SMILES string of the molecule is CCS(=O)(=O)NC1CCN(C(=O)Cc2cccc(Cl)c2)CC1. The highest BCUT2D eigenvalue weighted by atomic mass is 35.5. The van der Waals surface area contributed by atoms with Crippen molar-refractivity contribution >= 4 is 27.5 Å². The molecule has 22 heavy (non-hydrogen) atoms. The van der Waals surface area contributed by atoms with Gasteiger partial charge >= 0.3 is 0 Å². The molecule has 5 nitrogen and oxygen atoms in total. The van der Waals surface area contributed by atoms with Crippen LogP contribution in [0.25, 0.3) is 0 Å². The van der Waals surface area contributed by atoms with Crippen molar-refractivity contribution in [1.82, 2.24) is 9.62 Å². The summed E-state index contributed by atoms with van der Waals surface area (Å²) in [7, 11) is -3.18. The summed E-state index contributed by atoms with van der Waals surface area (Å²) in [5.41, 5.74) is 0.895. The molecule has 1 aliphatic rings. The molecule has 0 aliphatic carbocycles.